The Morgan fingerprint density at radius 3 is 3.09 bits per heavy atom. The number of hydrogen-bond acceptors (Lipinski definition) is 5. The quantitative estimate of drug-likeness (QED) is 0.770. The minimum atomic E-state index is -2.85. The Bertz CT molecular complexity index is 532. The van der Waals surface area contributed by atoms with Crippen LogP contribution in [0, 0.1) is 0 Å². The van der Waals surface area contributed by atoms with Crippen LogP contribution in [0.3, 0.4) is 0 Å². The minimum absolute atomic E-state index is 0.0614. The fraction of sp³-hybridized carbons (Fsp3) is 0.688. The summed E-state index contributed by atoms with van der Waals surface area (Å²) in [5, 5.41) is 0. The molecule has 2 aliphatic rings. The standard InChI is InChI=1S/C16H22F2N2O3/c1-21-11-16-5-2-8-20(16)12(3-6-16)10-22-14-9-13(4-7-19-14)23-15(17)18/h4,7,9,12,15H,2-3,5-6,8,10-11H2,1H3/t12-,16-/m0/s1. The van der Waals surface area contributed by atoms with E-state index in [0.29, 0.717) is 18.5 Å². The molecule has 7 heteroatoms. The first-order valence-corrected chi connectivity index (χ1v) is 7.92. The van der Waals surface area contributed by atoms with Crippen LogP contribution in [0.5, 0.6) is 11.6 Å². The average Bonchev–Trinajstić information content (AvgIpc) is 3.04. The zero-order valence-electron chi connectivity index (χ0n) is 13.2. The SMILES string of the molecule is COC[C@@]12CCCN1[C@H](COc1cc(OC(F)F)ccn1)CC2. The van der Waals surface area contributed by atoms with Crippen LogP contribution in [0.1, 0.15) is 25.7 Å². The highest BCUT2D eigenvalue weighted by atomic mass is 19.3. The van der Waals surface area contributed by atoms with E-state index in [2.05, 4.69) is 14.6 Å². The Labute approximate surface area is 134 Å². The zero-order chi connectivity index (χ0) is 16.3. The molecular formula is C16H22F2N2O3. The Morgan fingerprint density at radius 1 is 1.43 bits per heavy atom. The Hall–Kier alpha value is -1.47. The van der Waals surface area contributed by atoms with Gasteiger partial charge in [-0.2, -0.15) is 8.78 Å². The minimum Gasteiger partial charge on any atom is -0.476 e. The van der Waals surface area contributed by atoms with Crippen LogP contribution in [0.15, 0.2) is 18.3 Å². The third kappa shape index (κ3) is 3.55. The lowest BCUT2D eigenvalue weighted by Gasteiger charge is -2.34. The third-order valence-electron chi connectivity index (χ3n) is 4.80. The number of halogens is 2. The highest BCUT2D eigenvalue weighted by molar-refractivity contribution is 5.26. The molecule has 0 aromatic carbocycles. The molecule has 1 aromatic heterocycles. The number of methoxy groups -OCH3 is 1. The number of nitrogens with zero attached hydrogens (tertiary/aromatic N) is 2. The molecule has 2 saturated heterocycles. The summed E-state index contributed by atoms with van der Waals surface area (Å²) < 4.78 is 40.0. The van der Waals surface area contributed by atoms with Crippen molar-refractivity contribution in [3.63, 3.8) is 0 Å². The molecule has 0 bridgehead atoms. The Morgan fingerprint density at radius 2 is 2.30 bits per heavy atom. The summed E-state index contributed by atoms with van der Waals surface area (Å²) in [7, 11) is 1.74. The van der Waals surface area contributed by atoms with Crippen molar-refractivity contribution >= 4 is 0 Å². The number of alkyl halides is 2. The first-order valence-electron chi connectivity index (χ1n) is 7.92. The van der Waals surface area contributed by atoms with E-state index in [-0.39, 0.29) is 11.3 Å². The van der Waals surface area contributed by atoms with Crippen LogP contribution in [0.4, 0.5) is 8.78 Å². The van der Waals surface area contributed by atoms with Crippen LogP contribution < -0.4 is 9.47 Å². The van der Waals surface area contributed by atoms with Crippen LogP contribution in [-0.4, -0.2) is 54.9 Å². The Kier molecular flexibility index (Phi) is 4.96. The van der Waals surface area contributed by atoms with Gasteiger partial charge in [-0.1, -0.05) is 0 Å². The maximum absolute atomic E-state index is 12.2. The molecule has 0 saturated carbocycles. The lowest BCUT2D eigenvalue weighted by Crippen LogP contribution is -2.47. The molecule has 0 unspecified atom stereocenters. The first kappa shape index (κ1) is 16.4. The number of hydrogen-bond donors (Lipinski definition) is 0. The number of rotatable bonds is 7. The van der Waals surface area contributed by atoms with Crippen molar-refractivity contribution in [1.82, 2.24) is 9.88 Å². The fourth-order valence-electron chi connectivity index (χ4n) is 3.89. The molecule has 2 fully saturated rings. The predicted molar refractivity (Wildman–Crippen MR) is 79.9 cm³/mol. The zero-order valence-corrected chi connectivity index (χ0v) is 13.2. The number of fused-ring (bicyclic) bond motifs is 1. The van der Waals surface area contributed by atoms with Crippen molar-refractivity contribution in [2.45, 2.75) is 43.9 Å². The average molecular weight is 328 g/mol. The summed E-state index contributed by atoms with van der Waals surface area (Å²) in [6, 6.07) is 3.10. The maximum atomic E-state index is 12.2. The van der Waals surface area contributed by atoms with Gasteiger partial charge in [0.05, 0.1) is 6.61 Å². The van der Waals surface area contributed by atoms with E-state index in [1.165, 1.54) is 24.8 Å². The summed E-state index contributed by atoms with van der Waals surface area (Å²) in [4.78, 5) is 6.54. The lowest BCUT2D eigenvalue weighted by atomic mass is 9.95. The van der Waals surface area contributed by atoms with Crippen LogP contribution in [0.2, 0.25) is 0 Å². The topological polar surface area (TPSA) is 43.8 Å². The highest BCUT2D eigenvalue weighted by Crippen LogP contribution is 2.42. The second-order valence-electron chi connectivity index (χ2n) is 6.17. The van der Waals surface area contributed by atoms with E-state index in [9.17, 15) is 8.78 Å². The third-order valence-corrected chi connectivity index (χ3v) is 4.80. The summed E-state index contributed by atoms with van der Waals surface area (Å²) in [6.07, 6.45) is 5.91. The Balaban J connectivity index is 1.59. The number of pyridine rings is 1. The molecule has 5 nitrogen and oxygen atoms in total. The van der Waals surface area contributed by atoms with Gasteiger partial charge >= 0.3 is 6.61 Å². The number of ether oxygens (including phenoxy) is 3. The van der Waals surface area contributed by atoms with Gasteiger partial charge in [-0.3, -0.25) is 4.90 Å². The summed E-state index contributed by atoms with van der Waals surface area (Å²) >= 11 is 0. The van der Waals surface area contributed by atoms with E-state index >= 15 is 0 Å². The molecule has 0 N–H and O–H groups in total. The smallest absolute Gasteiger partial charge is 0.387 e. The van der Waals surface area contributed by atoms with Crippen molar-refractivity contribution in [3.8, 4) is 11.6 Å². The molecule has 23 heavy (non-hydrogen) atoms. The number of aromatic nitrogens is 1. The van der Waals surface area contributed by atoms with E-state index in [4.69, 9.17) is 9.47 Å². The van der Waals surface area contributed by atoms with Crippen molar-refractivity contribution in [1.29, 1.82) is 0 Å². The molecular weight excluding hydrogens is 306 g/mol. The molecule has 2 aliphatic heterocycles. The lowest BCUT2D eigenvalue weighted by molar-refractivity contribution is -0.0500. The summed E-state index contributed by atoms with van der Waals surface area (Å²) in [5.74, 6) is 0.373. The maximum Gasteiger partial charge on any atom is 0.387 e. The molecule has 0 radical (unpaired) electrons. The van der Waals surface area contributed by atoms with E-state index in [1.54, 1.807) is 7.11 Å². The summed E-state index contributed by atoms with van der Waals surface area (Å²) in [5.41, 5.74) is 0.150. The second-order valence-corrected chi connectivity index (χ2v) is 6.17. The normalized spacial score (nSPS) is 27.4. The van der Waals surface area contributed by atoms with Crippen LogP contribution in [0.25, 0.3) is 0 Å². The van der Waals surface area contributed by atoms with Gasteiger partial charge in [-0.25, -0.2) is 4.98 Å². The molecule has 3 heterocycles. The van der Waals surface area contributed by atoms with Crippen molar-refractivity contribution in [2.24, 2.45) is 0 Å². The monoisotopic (exact) mass is 328 g/mol. The molecule has 0 amide bonds. The molecule has 3 rings (SSSR count). The highest BCUT2D eigenvalue weighted by Gasteiger charge is 2.49. The first-order chi connectivity index (χ1) is 11.1. The van der Waals surface area contributed by atoms with Crippen LogP contribution in [-0.2, 0) is 4.74 Å². The van der Waals surface area contributed by atoms with Crippen molar-refractivity contribution < 1.29 is 23.0 Å². The van der Waals surface area contributed by atoms with Gasteiger partial charge in [0.25, 0.3) is 0 Å². The van der Waals surface area contributed by atoms with Crippen molar-refractivity contribution in [2.75, 3.05) is 26.9 Å². The fourth-order valence-corrected chi connectivity index (χ4v) is 3.89. The molecule has 2 atom stereocenters. The second kappa shape index (κ2) is 6.97. The molecule has 0 spiro atoms. The van der Waals surface area contributed by atoms with Crippen LogP contribution >= 0.6 is 0 Å². The van der Waals surface area contributed by atoms with E-state index < -0.39 is 6.61 Å². The van der Waals surface area contributed by atoms with E-state index in [0.717, 1.165) is 32.4 Å². The largest absolute Gasteiger partial charge is 0.476 e. The van der Waals surface area contributed by atoms with Gasteiger partial charge in [0.1, 0.15) is 12.4 Å². The van der Waals surface area contributed by atoms with E-state index in [1.807, 2.05) is 0 Å². The molecule has 0 aliphatic carbocycles. The van der Waals surface area contributed by atoms with Gasteiger partial charge in [-0.05, 0) is 38.3 Å². The molecule has 128 valence electrons. The van der Waals surface area contributed by atoms with Gasteiger partial charge < -0.3 is 14.2 Å². The van der Waals surface area contributed by atoms with Gasteiger partial charge in [0.2, 0.25) is 5.88 Å². The van der Waals surface area contributed by atoms with Gasteiger partial charge in [-0.15, -0.1) is 0 Å². The van der Waals surface area contributed by atoms with Gasteiger partial charge in [0, 0.05) is 31.0 Å². The van der Waals surface area contributed by atoms with Gasteiger partial charge in [0.15, 0.2) is 0 Å². The summed E-state index contributed by atoms with van der Waals surface area (Å²) in [6.45, 7) is -0.547. The van der Waals surface area contributed by atoms with Crippen molar-refractivity contribution in [3.05, 3.63) is 18.3 Å². The predicted octanol–water partition coefficient (Wildman–Crippen LogP) is 2.71. The molecule has 1 aromatic rings.